The van der Waals surface area contributed by atoms with E-state index in [9.17, 15) is 9.18 Å². The molecule has 2 aliphatic rings. The number of piperazine rings is 1. The van der Waals surface area contributed by atoms with Gasteiger partial charge in [-0.05, 0) is 78.6 Å². The first-order chi connectivity index (χ1) is 19.4. The van der Waals surface area contributed by atoms with Crippen molar-refractivity contribution in [2.45, 2.75) is 45.6 Å². The van der Waals surface area contributed by atoms with E-state index in [1.165, 1.54) is 30.0 Å². The fraction of sp³-hybridized carbons (Fsp3) is 0.387. The summed E-state index contributed by atoms with van der Waals surface area (Å²) in [4.78, 5) is 25.1. The Kier molecular flexibility index (Phi) is 8.78. The maximum atomic E-state index is 13.9. The smallest absolute Gasteiger partial charge is 0.248 e. The van der Waals surface area contributed by atoms with Crippen LogP contribution in [0.5, 0.6) is 0 Å². The molecule has 9 heteroatoms. The van der Waals surface area contributed by atoms with Crippen molar-refractivity contribution in [2.75, 3.05) is 38.1 Å². The number of nitrogens with one attached hydrogen (secondary N) is 1. The predicted octanol–water partition coefficient (Wildman–Crippen LogP) is 5.54. The molecule has 0 spiro atoms. The second-order valence-corrected chi connectivity index (χ2v) is 10.8. The van der Waals surface area contributed by atoms with Crippen molar-refractivity contribution < 1.29 is 14.3 Å². The molecule has 40 heavy (non-hydrogen) atoms. The van der Waals surface area contributed by atoms with Crippen molar-refractivity contribution in [2.24, 2.45) is 0 Å². The van der Waals surface area contributed by atoms with Crippen LogP contribution >= 0.6 is 11.6 Å². The average molecular weight is 564 g/mol. The fourth-order valence-electron chi connectivity index (χ4n) is 5.33. The molecule has 2 fully saturated rings. The molecule has 5 rings (SSSR count). The third-order valence-electron chi connectivity index (χ3n) is 7.61. The van der Waals surface area contributed by atoms with Crippen LogP contribution in [0.3, 0.4) is 0 Å². The lowest BCUT2D eigenvalue weighted by molar-refractivity contribution is -0.135. The lowest BCUT2D eigenvalue weighted by Gasteiger charge is -2.34. The zero-order valence-electron chi connectivity index (χ0n) is 23.0. The number of aromatic nitrogens is 2. The first kappa shape index (κ1) is 28.2. The van der Waals surface area contributed by atoms with Gasteiger partial charge in [-0.1, -0.05) is 36.7 Å². The van der Waals surface area contributed by atoms with Crippen LogP contribution in [-0.4, -0.2) is 63.6 Å². The summed E-state index contributed by atoms with van der Waals surface area (Å²) in [5, 5.41) is 13.0. The number of nitrogens with zero attached hydrogens (tertiary/aromatic N) is 4. The maximum absolute atomic E-state index is 13.9. The Labute approximate surface area is 239 Å². The van der Waals surface area contributed by atoms with Crippen molar-refractivity contribution in [3.05, 3.63) is 87.5 Å². The highest BCUT2D eigenvalue weighted by Crippen LogP contribution is 2.41. The minimum absolute atomic E-state index is 0.212. The largest absolute Gasteiger partial charge is 0.387 e. The van der Waals surface area contributed by atoms with Crippen molar-refractivity contribution in [1.29, 1.82) is 0 Å². The van der Waals surface area contributed by atoms with E-state index in [2.05, 4.69) is 33.4 Å². The van der Waals surface area contributed by atoms with E-state index in [0.29, 0.717) is 42.1 Å². The number of halogens is 2. The minimum Gasteiger partial charge on any atom is -0.387 e. The normalized spacial score (nSPS) is 16.3. The molecule has 1 saturated carbocycles. The highest BCUT2D eigenvalue weighted by atomic mass is 35.5. The molecule has 2 N–H and O–H groups in total. The van der Waals surface area contributed by atoms with E-state index < -0.39 is 6.61 Å². The number of rotatable bonds is 9. The standard InChI is InChI=1S/C31H35ClFN5O2/c1-3-21-15-24(33)7-8-27(21)26(4-2)30-28(32)17-34-31(36-30)35-25-14-20(13-23(16-25)22-5-6-22)18-37-9-11-38(12-10-37)29(40)19-39/h4,7-8,13-17,22,39H,3,5-6,9-12,18-19H2,1-2H3,(H,34,35,36)/b26-4+. The van der Waals surface area contributed by atoms with Crippen LogP contribution in [0.25, 0.3) is 5.57 Å². The number of aryl methyl sites for hydroxylation is 1. The van der Waals surface area contributed by atoms with E-state index in [4.69, 9.17) is 21.7 Å². The third-order valence-corrected chi connectivity index (χ3v) is 7.89. The van der Waals surface area contributed by atoms with Crippen LogP contribution < -0.4 is 5.32 Å². The summed E-state index contributed by atoms with van der Waals surface area (Å²) in [5.74, 6) is 0.533. The van der Waals surface area contributed by atoms with E-state index in [1.54, 1.807) is 23.2 Å². The molecule has 1 amide bonds. The molecule has 7 nitrogen and oxygen atoms in total. The molecule has 2 heterocycles. The Morgan fingerprint density at radius 3 is 2.62 bits per heavy atom. The predicted molar refractivity (Wildman–Crippen MR) is 156 cm³/mol. The number of benzene rings is 2. The summed E-state index contributed by atoms with van der Waals surface area (Å²) in [5.41, 5.74) is 6.62. The third kappa shape index (κ3) is 6.52. The molecule has 0 unspecified atom stereocenters. The first-order valence-corrected chi connectivity index (χ1v) is 14.3. The number of hydrogen-bond donors (Lipinski definition) is 2. The molecule has 0 bridgehead atoms. The Hall–Kier alpha value is -3.33. The van der Waals surface area contributed by atoms with Crippen molar-refractivity contribution >= 4 is 34.7 Å². The van der Waals surface area contributed by atoms with E-state index in [-0.39, 0.29) is 11.7 Å². The SMILES string of the molecule is C/C=C(\c1ccc(F)cc1CC)c1nc(Nc2cc(CN3CCN(C(=O)CO)CC3)cc(C3CC3)c2)ncc1Cl. The van der Waals surface area contributed by atoms with Gasteiger partial charge in [-0.25, -0.2) is 14.4 Å². The highest BCUT2D eigenvalue weighted by Gasteiger charge is 2.26. The summed E-state index contributed by atoms with van der Waals surface area (Å²) in [6, 6.07) is 11.4. The first-order valence-electron chi connectivity index (χ1n) is 13.9. The molecule has 1 aromatic heterocycles. The van der Waals surface area contributed by atoms with Gasteiger partial charge in [0.1, 0.15) is 12.4 Å². The van der Waals surface area contributed by atoms with Gasteiger partial charge in [0.15, 0.2) is 0 Å². The molecular formula is C31H35ClFN5O2. The van der Waals surface area contributed by atoms with Crippen molar-refractivity contribution in [3.8, 4) is 0 Å². The average Bonchev–Trinajstić information content (AvgIpc) is 3.81. The fourth-order valence-corrected chi connectivity index (χ4v) is 5.52. The number of hydrogen-bond acceptors (Lipinski definition) is 6. The number of carbonyl (C=O) groups is 1. The zero-order chi connectivity index (χ0) is 28.2. The van der Waals surface area contributed by atoms with Gasteiger partial charge in [-0.2, -0.15) is 0 Å². The Bertz CT molecular complexity index is 1420. The van der Waals surface area contributed by atoms with Crippen molar-refractivity contribution in [1.82, 2.24) is 19.8 Å². The molecule has 2 aromatic carbocycles. The molecule has 3 aromatic rings. The second kappa shape index (κ2) is 12.5. The molecule has 0 atom stereocenters. The zero-order valence-corrected chi connectivity index (χ0v) is 23.7. The quantitative estimate of drug-likeness (QED) is 0.356. The molecule has 210 valence electrons. The van der Waals surface area contributed by atoms with Crippen LogP contribution in [0.4, 0.5) is 16.0 Å². The monoisotopic (exact) mass is 563 g/mol. The number of aliphatic hydroxyl groups excluding tert-OH is 1. The van der Waals surface area contributed by atoms with Crippen LogP contribution in [0, 0.1) is 5.82 Å². The summed E-state index contributed by atoms with van der Waals surface area (Å²) in [7, 11) is 0. The van der Waals surface area contributed by atoms with Gasteiger partial charge in [0, 0.05) is 44.0 Å². The van der Waals surface area contributed by atoms with Crippen LogP contribution in [0.15, 0.2) is 48.7 Å². The summed E-state index contributed by atoms with van der Waals surface area (Å²) >= 11 is 6.59. The van der Waals surface area contributed by atoms with Crippen LogP contribution in [0.2, 0.25) is 5.02 Å². The lowest BCUT2D eigenvalue weighted by atomic mass is 9.95. The van der Waals surface area contributed by atoms with Gasteiger partial charge < -0.3 is 15.3 Å². The van der Waals surface area contributed by atoms with E-state index >= 15 is 0 Å². The lowest BCUT2D eigenvalue weighted by Crippen LogP contribution is -2.49. The number of carbonyl (C=O) groups excluding carboxylic acids is 1. The molecular weight excluding hydrogens is 529 g/mol. The highest BCUT2D eigenvalue weighted by molar-refractivity contribution is 6.32. The Balaban J connectivity index is 1.38. The molecule has 0 radical (unpaired) electrons. The number of amides is 1. The summed E-state index contributed by atoms with van der Waals surface area (Å²) < 4.78 is 13.9. The summed E-state index contributed by atoms with van der Waals surface area (Å²) in [6.07, 6.45) is 6.61. The second-order valence-electron chi connectivity index (χ2n) is 10.4. The van der Waals surface area contributed by atoms with Gasteiger partial charge in [0.2, 0.25) is 11.9 Å². The molecule has 1 aliphatic carbocycles. The topological polar surface area (TPSA) is 81.6 Å². The number of anilines is 2. The van der Waals surface area contributed by atoms with Crippen molar-refractivity contribution in [3.63, 3.8) is 0 Å². The maximum Gasteiger partial charge on any atom is 0.248 e. The van der Waals surface area contributed by atoms with E-state index in [1.807, 2.05) is 19.9 Å². The van der Waals surface area contributed by atoms with Crippen LogP contribution in [0.1, 0.15) is 60.6 Å². The molecule has 1 aliphatic heterocycles. The number of aliphatic hydroxyl groups is 1. The summed E-state index contributed by atoms with van der Waals surface area (Å²) in [6.45, 7) is 7.03. The van der Waals surface area contributed by atoms with Gasteiger partial charge in [-0.15, -0.1) is 0 Å². The van der Waals surface area contributed by atoms with Crippen LogP contribution in [-0.2, 0) is 17.8 Å². The number of allylic oxidation sites excluding steroid dienone is 1. The minimum atomic E-state index is -0.438. The van der Waals surface area contributed by atoms with E-state index in [0.717, 1.165) is 42.0 Å². The Morgan fingerprint density at radius 1 is 1.18 bits per heavy atom. The van der Waals surface area contributed by atoms with Gasteiger partial charge in [0.05, 0.1) is 16.9 Å². The molecule has 1 saturated heterocycles. The Morgan fingerprint density at radius 2 is 1.95 bits per heavy atom. The van der Waals surface area contributed by atoms with Gasteiger partial charge in [-0.3, -0.25) is 9.69 Å². The van der Waals surface area contributed by atoms with Gasteiger partial charge >= 0.3 is 0 Å². The van der Waals surface area contributed by atoms with Gasteiger partial charge in [0.25, 0.3) is 0 Å².